The molecule has 2 aliphatic rings. The van der Waals surface area contributed by atoms with Crippen molar-refractivity contribution in [3.8, 4) is 15.6 Å². The first kappa shape index (κ1) is 17.8. The van der Waals surface area contributed by atoms with Gasteiger partial charge in [-0.15, -0.1) is 0 Å². The van der Waals surface area contributed by atoms with Crippen LogP contribution in [0.3, 0.4) is 0 Å². The number of hydrogen-bond acceptors (Lipinski definition) is 5. The van der Waals surface area contributed by atoms with Crippen molar-refractivity contribution in [3.05, 3.63) is 35.0 Å². The molecule has 1 aliphatic heterocycles. The number of fused-ring (bicyclic) bond motifs is 2. The first-order chi connectivity index (χ1) is 12.6. The smallest absolute Gasteiger partial charge is 0.274 e. The van der Waals surface area contributed by atoms with Crippen LogP contribution in [0, 0.1) is 5.92 Å². The summed E-state index contributed by atoms with van der Waals surface area (Å²) in [5, 5.41) is 1.15. The Morgan fingerprint density at radius 2 is 2.31 bits per heavy atom. The van der Waals surface area contributed by atoms with Crippen LogP contribution in [0.1, 0.15) is 36.7 Å². The van der Waals surface area contributed by atoms with E-state index in [0.29, 0.717) is 35.0 Å². The fourth-order valence-corrected chi connectivity index (χ4v) is 5.45. The van der Waals surface area contributed by atoms with E-state index in [1.165, 1.54) is 17.8 Å². The number of likely N-dealkylation sites (tertiary alicyclic amines) is 1. The minimum atomic E-state index is -0.0372. The number of carbonyl (C=O) groups is 1. The highest BCUT2D eigenvalue weighted by Crippen LogP contribution is 2.44. The first-order valence-corrected chi connectivity index (χ1v) is 10.2. The van der Waals surface area contributed by atoms with E-state index < -0.39 is 0 Å². The monoisotopic (exact) mass is 391 g/mol. The molecule has 7 heteroatoms. The van der Waals surface area contributed by atoms with Gasteiger partial charge in [0.2, 0.25) is 0 Å². The highest BCUT2D eigenvalue weighted by molar-refractivity contribution is 7.17. The molecule has 2 heterocycles. The Kier molecular flexibility index (Phi) is 4.90. The Hall–Kier alpha value is -1.63. The van der Waals surface area contributed by atoms with Gasteiger partial charge in [-0.3, -0.25) is 4.79 Å². The largest absolute Gasteiger partial charge is 0.470 e. The molecule has 1 amide bonds. The lowest BCUT2D eigenvalue weighted by atomic mass is 9.98. The van der Waals surface area contributed by atoms with Crippen LogP contribution >= 0.6 is 22.9 Å². The quantitative estimate of drug-likeness (QED) is 0.841. The predicted molar refractivity (Wildman–Crippen MR) is 104 cm³/mol. The third-order valence-electron chi connectivity index (χ3n) is 5.38. The summed E-state index contributed by atoms with van der Waals surface area (Å²) >= 11 is 7.55. The lowest BCUT2D eigenvalue weighted by Crippen LogP contribution is -2.48. The van der Waals surface area contributed by atoms with Gasteiger partial charge in [0, 0.05) is 23.7 Å². The summed E-state index contributed by atoms with van der Waals surface area (Å²) in [4.78, 5) is 20.7. The standard InChI is InChI=1S/C19H22ClN3O2S/c1-2-25-19-22-16(17(26-19)12-4-3-5-13(20)8-12)18(24)23-14-7-6-11(9-14)15(23)10-21/h3-5,8,11,14-15H,2,6-7,9-10,21H2,1H3/t11-,14+,15+/m0/s1. The van der Waals surface area contributed by atoms with Gasteiger partial charge in [-0.05, 0) is 49.8 Å². The van der Waals surface area contributed by atoms with Crippen LogP contribution in [0.2, 0.25) is 5.02 Å². The van der Waals surface area contributed by atoms with Crippen molar-refractivity contribution in [3.63, 3.8) is 0 Å². The number of nitrogens with zero attached hydrogens (tertiary/aromatic N) is 2. The van der Waals surface area contributed by atoms with Crippen LogP contribution in [-0.4, -0.2) is 41.0 Å². The van der Waals surface area contributed by atoms with Gasteiger partial charge < -0.3 is 15.4 Å². The van der Waals surface area contributed by atoms with E-state index in [1.54, 1.807) is 0 Å². The number of piperidine rings is 1. The van der Waals surface area contributed by atoms with E-state index in [-0.39, 0.29) is 18.0 Å². The zero-order valence-electron chi connectivity index (χ0n) is 14.7. The second-order valence-corrected chi connectivity index (χ2v) is 8.24. The molecule has 1 aromatic carbocycles. The number of amides is 1. The van der Waals surface area contributed by atoms with Gasteiger partial charge in [0.15, 0.2) is 5.69 Å². The molecule has 1 saturated heterocycles. The Labute approximate surface area is 162 Å². The minimum Gasteiger partial charge on any atom is -0.470 e. The summed E-state index contributed by atoms with van der Waals surface area (Å²) in [6.45, 7) is 2.92. The molecule has 2 aromatic rings. The van der Waals surface area contributed by atoms with Crippen LogP contribution in [0.5, 0.6) is 5.19 Å². The number of benzene rings is 1. The molecular weight excluding hydrogens is 370 g/mol. The summed E-state index contributed by atoms with van der Waals surface area (Å²) in [6.07, 6.45) is 3.28. The van der Waals surface area contributed by atoms with E-state index in [4.69, 9.17) is 22.1 Å². The molecule has 0 unspecified atom stereocenters. The predicted octanol–water partition coefficient (Wildman–Crippen LogP) is 3.81. The molecular formula is C19H22ClN3O2S. The minimum absolute atomic E-state index is 0.0372. The SMILES string of the molecule is CCOc1nc(C(=O)N2[C@@H]3CC[C@@H](C3)[C@H]2CN)c(-c2cccc(Cl)c2)s1. The summed E-state index contributed by atoms with van der Waals surface area (Å²) in [5.74, 6) is 0.485. The summed E-state index contributed by atoms with van der Waals surface area (Å²) in [6, 6.07) is 7.91. The van der Waals surface area contributed by atoms with Gasteiger partial charge in [0.05, 0.1) is 11.5 Å². The molecule has 2 fully saturated rings. The Bertz CT molecular complexity index is 825. The molecule has 0 radical (unpaired) electrons. The molecule has 1 aliphatic carbocycles. The third kappa shape index (κ3) is 3.00. The lowest BCUT2D eigenvalue weighted by molar-refractivity contribution is 0.0597. The average Bonchev–Trinajstić information content (AvgIpc) is 3.35. The topological polar surface area (TPSA) is 68.5 Å². The number of carbonyl (C=O) groups excluding carboxylic acids is 1. The van der Waals surface area contributed by atoms with Crippen LogP contribution in [0.4, 0.5) is 0 Å². The number of rotatable bonds is 5. The lowest BCUT2D eigenvalue weighted by Gasteiger charge is -2.34. The number of ether oxygens (including phenoxy) is 1. The number of hydrogen-bond donors (Lipinski definition) is 1. The highest BCUT2D eigenvalue weighted by Gasteiger charge is 2.48. The van der Waals surface area contributed by atoms with E-state index >= 15 is 0 Å². The van der Waals surface area contributed by atoms with E-state index in [2.05, 4.69) is 4.98 Å². The summed E-state index contributed by atoms with van der Waals surface area (Å²) < 4.78 is 5.59. The molecule has 2 bridgehead atoms. The normalized spacial score (nSPS) is 24.3. The van der Waals surface area contributed by atoms with Crippen molar-refractivity contribution in [2.75, 3.05) is 13.2 Å². The third-order valence-corrected chi connectivity index (χ3v) is 6.63. The molecule has 0 spiro atoms. The van der Waals surface area contributed by atoms with Crippen molar-refractivity contribution in [1.29, 1.82) is 0 Å². The Morgan fingerprint density at radius 3 is 3.04 bits per heavy atom. The van der Waals surface area contributed by atoms with Crippen LogP contribution in [0.25, 0.3) is 10.4 Å². The first-order valence-electron chi connectivity index (χ1n) is 9.04. The highest BCUT2D eigenvalue weighted by atomic mass is 35.5. The van der Waals surface area contributed by atoms with Crippen molar-refractivity contribution < 1.29 is 9.53 Å². The number of thiazole rings is 1. The number of nitrogens with two attached hydrogens (primary N) is 1. The number of halogens is 1. The molecule has 1 saturated carbocycles. The van der Waals surface area contributed by atoms with Crippen molar-refractivity contribution in [2.45, 2.75) is 38.3 Å². The zero-order chi connectivity index (χ0) is 18.3. The van der Waals surface area contributed by atoms with Crippen molar-refractivity contribution in [2.24, 2.45) is 11.7 Å². The van der Waals surface area contributed by atoms with Crippen molar-refractivity contribution in [1.82, 2.24) is 9.88 Å². The molecule has 1 aromatic heterocycles. The van der Waals surface area contributed by atoms with E-state index in [1.807, 2.05) is 36.1 Å². The fourth-order valence-electron chi connectivity index (χ4n) is 4.29. The van der Waals surface area contributed by atoms with Gasteiger partial charge in [-0.25, -0.2) is 0 Å². The average molecular weight is 392 g/mol. The molecule has 3 atom stereocenters. The van der Waals surface area contributed by atoms with Gasteiger partial charge in [0.25, 0.3) is 11.1 Å². The van der Waals surface area contributed by atoms with Gasteiger partial charge in [0.1, 0.15) is 0 Å². The van der Waals surface area contributed by atoms with Crippen LogP contribution in [0.15, 0.2) is 24.3 Å². The van der Waals surface area contributed by atoms with Gasteiger partial charge >= 0.3 is 0 Å². The van der Waals surface area contributed by atoms with Crippen LogP contribution < -0.4 is 10.5 Å². The zero-order valence-corrected chi connectivity index (χ0v) is 16.2. The van der Waals surface area contributed by atoms with Gasteiger partial charge in [-0.1, -0.05) is 35.1 Å². The molecule has 26 heavy (non-hydrogen) atoms. The summed E-state index contributed by atoms with van der Waals surface area (Å²) in [5.41, 5.74) is 7.33. The van der Waals surface area contributed by atoms with E-state index in [9.17, 15) is 4.79 Å². The maximum atomic E-state index is 13.4. The second kappa shape index (κ2) is 7.18. The maximum absolute atomic E-state index is 13.4. The Balaban J connectivity index is 1.74. The Morgan fingerprint density at radius 1 is 1.46 bits per heavy atom. The number of aromatic nitrogens is 1. The molecule has 138 valence electrons. The van der Waals surface area contributed by atoms with E-state index in [0.717, 1.165) is 23.3 Å². The molecule has 4 rings (SSSR count). The fraction of sp³-hybridized carbons (Fsp3) is 0.474. The molecule has 5 nitrogen and oxygen atoms in total. The van der Waals surface area contributed by atoms with Crippen LogP contribution in [-0.2, 0) is 0 Å². The molecule has 2 N–H and O–H groups in total. The maximum Gasteiger partial charge on any atom is 0.274 e. The summed E-state index contributed by atoms with van der Waals surface area (Å²) in [7, 11) is 0. The van der Waals surface area contributed by atoms with Gasteiger partial charge in [-0.2, -0.15) is 4.98 Å². The van der Waals surface area contributed by atoms with Crippen molar-refractivity contribution >= 4 is 28.8 Å². The second-order valence-electron chi connectivity index (χ2n) is 6.84.